The molecule has 0 spiro atoms. The van der Waals surface area contributed by atoms with Gasteiger partial charge in [0.15, 0.2) is 5.82 Å². The van der Waals surface area contributed by atoms with E-state index >= 15 is 0 Å². The minimum Gasteiger partial charge on any atom is -0.497 e. The first-order valence-electron chi connectivity index (χ1n) is 14.4. The molecule has 5 aromatic rings. The lowest BCUT2D eigenvalue weighted by molar-refractivity contribution is 0.199. The third-order valence-electron chi connectivity index (χ3n) is 7.83. The molecular formula is C32H35N7O3. The number of hydrogen-bond acceptors (Lipinski definition) is 8. The standard InChI is InChI=1S/C32H35N7O3/c1-3-42-27-13-14-29-24(21-27)22-28(32(40)33-29)30(31-34-35-36-39(31)16-15-23-7-5-4-6-8-23)38-19-17-37(18-20-38)25-9-11-26(41-2)12-10-25/h4-14,21-22,30H,3,15-20H2,1-2H3,(H,33,40)/t30-/m1/s1. The van der Waals surface area contributed by atoms with Crippen molar-refractivity contribution >= 4 is 16.6 Å². The average Bonchev–Trinajstić information content (AvgIpc) is 3.50. The number of nitrogens with one attached hydrogen (secondary N) is 1. The van der Waals surface area contributed by atoms with Crippen LogP contribution in [0.1, 0.15) is 29.9 Å². The monoisotopic (exact) mass is 565 g/mol. The fraction of sp³-hybridized carbons (Fsp3) is 0.312. The number of hydrogen-bond donors (Lipinski definition) is 1. The topological polar surface area (TPSA) is 101 Å². The summed E-state index contributed by atoms with van der Waals surface area (Å²) in [5.41, 5.74) is 3.58. The van der Waals surface area contributed by atoms with Crippen molar-refractivity contribution < 1.29 is 9.47 Å². The van der Waals surface area contributed by atoms with Crippen LogP contribution in [0.4, 0.5) is 5.69 Å². The highest BCUT2D eigenvalue weighted by Gasteiger charge is 2.32. The molecule has 0 radical (unpaired) electrons. The molecule has 0 bridgehead atoms. The lowest BCUT2D eigenvalue weighted by Crippen LogP contribution is -2.49. The van der Waals surface area contributed by atoms with Gasteiger partial charge < -0.3 is 19.4 Å². The molecule has 42 heavy (non-hydrogen) atoms. The number of aryl methyl sites for hydroxylation is 2. The zero-order valence-corrected chi connectivity index (χ0v) is 23.9. The van der Waals surface area contributed by atoms with Crippen molar-refractivity contribution in [2.45, 2.75) is 25.9 Å². The van der Waals surface area contributed by atoms with Gasteiger partial charge in [-0.05, 0) is 77.9 Å². The van der Waals surface area contributed by atoms with Crippen LogP contribution in [0.3, 0.4) is 0 Å². The summed E-state index contributed by atoms with van der Waals surface area (Å²) in [6, 6.07) is 25.7. The highest BCUT2D eigenvalue weighted by molar-refractivity contribution is 5.80. The maximum Gasteiger partial charge on any atom is 0.253 e. The average molecular weight is 566 g/mol. The van der Waals surface area contributed by atoms with Gasteiger partial charge in [-0.3, -0.25) is 9.69 Å². The molecule has 2 aromatic heterocycles. The minimum atomic E-state index is -0.419. The first kappa shape index (κ1) is 27.5. The Bertz CT molecular complexity index is 1680. The van der Waals surface area contributed by atoms with Gasteiger partial charge in [-0.15, -0.1) is 5.10 Å². The molecule has 0 unspecified atom stereocenters. The fourth-order valence-corrected chi connectivity index (χ4v) is 5.64. The van der Waals surface area contributed by atoms with Crippen molar-refractivity contribution in [1.29, 1.82) is 0 Å². The molecule has 1 saturated heterocycles. The third kappa shape index (κ3) is 5.84. The summed E-state index contributed by atoms with van der Waals surface area (Å²) in [5.74, 6) is 2.26. The molecule has 6 rings (SSSR count). The summed E-state index contributed by atoms with van der Waals surface area (Å²) >= 11 is 0. The number of aromatic amines is 1. The number of anilines is 1. The number of piperazine rings is 1. The Morgan fingerprint density at radius 1 is 0.929 bits per heavy atom. The largest absolute Gasteiger partial charge is 0.497 e. The highest BCUT2D eigenvalue weighted by atomic mass is 16.5. The van der Waals surface area contributed by atoms with Crippen LogP contribution < -0.4 is 19.9 Å². The molecule has 1 N–H and O–H groups in total. The summed E-state index contributed by atoms with van der Waals surface area (Å²) in [5, 5.41) is 13.8. The van der Waals surface area contributed by atoms with Crippen molar-refractivity contribution in [3.8, 4) is 11.5 Å². The molecule has 1 atom stereocenters. The number of benzene rings is 3. The quantitative estimate of drug-likeness (QED) is 0.270. The number of H-pyrrole nitrogens is 1. The maximum absolute atomic E-state index is 13.6. The lowest BCUT2D eigenvalue weighted by Gasteiger charge is -2.39. The molecule has 0 aliphatic carbocycles. The van der Waals surface area contributed by atoms with Crippen LogP contribution in [0.2, 0.25) is 0 Å². The number of fused-ring (bicyclic) bond motifs is 1. The predicted octanol–water partition coefficient (Wildman–Crippen LogP) is 4.08. The SMILES string of the molecule is CCOc1ccc2[nH]c(=O)c([C@H](c3nnnn3CCc3ccccc3)N3CCN(c4ccc(OC)cc4)CC3)cc2c1. The van der Waals surface area contributed by atoms with Crippen LogP contribution in [-0.2, 0) is 13.0 Å². The van der Waals surface area contributed by atoms with Crippen molar-refractivity contribution in [2.24, 2.45) is 0 Å². The molecule has 1 fully saturated rings. The Morgan fingerprint density at radius 3 is 2.43 bits per heavy atom. The van der Waals surface area contributed by atoms with E-state index in [1.165, 1.54) is 5.56 Å². The highest BCUT2D eigenvalue weighted by Crippen LogP contribution is 2.30. The summed E-state index contributed by atoms with van der Waals surface area (Å²) in [7, 11) is 1.67. The summed E-state index contributed by atoms with van der Waals surface area (Å²) < 4.78 is 12.9. The van der Waals surface area contributed by atoms with Gasteiger partial charge in [0.05, 0.1) is 13.7 Å². The summed E-state index contributed by atoms with van der Waals surface area (Å²) in [6.45, 7) is 6.20. The third-order valence-corrected chi connectivity index (χ3v) is 7.83. The van der Waals surface area contributed by atoms with Crippen molar-refractivity contribution in [3.05, 3.63) is 106 Å². The van der Waals surface area contributed by atoms with Gasteiger partial charge in [-0.2, -0.15) is 0 Å². The first-order valence-corrected chi connectivity index (χ1v) is 14.4. The Kier molecular flexibility index (Phi) is 8.14. The van der Waals surface area contributed by atoms with E-state index in [9.17, 15) is 4.79 Å². The van der Waals surface area contributed by atoms with Crippen LogP contribution in [0.5, 0.6) is 11.5 Å². The Morgan fingerprint density at radius 2 is 1.69 bits per heavy atom. The smallest absolute Gasteiger partial charge is 0.253 e. The van der Waals surface area contributed by atoms with Crippen molar-refractivity contribution in [3.63, 3.8) is 0 Å². The molecule has 0 saturated carbocycles. The fourth-order valence-electron chi connectivity index (χ4n) is 5.64. The predicted molar refractivity (Wildman–Crippen MR) is 162 cm³/mol. The number of rotatable bonds is 10. The molecule has 0 amide bonds. The molecular weight excluding hydrogens is 530 g/mol. The van der Waals surface area contributed by atoms with Crippen molar-refractivity contribution in [1.82, 2.24) is 30.1 Å². The molecule has 3 heterocycles. The van der Waals surface area contributed by atoms with Gasteiger partial charge in [0, 0.05) is 54.9 Å². The van der Waals surface area contributed by atoms with E-state index in [1.807, 2.05) is 66.2 Å². The number of tetrazole rings is 1. The number of nitrogens with zero attached hydrogens (tertiary/aromatic N) is 6. The molecule has 1 aliphatic heterocycles. The Balaban J connectivity index is 1.34. The normalized spacial score (nSPS) is 14.7. The second kappa shape index (κ2) is 12.4. The van der Waals surface area contributed by atoms with E-state index in [-0.39, 0.29) is 5.56 Å². The van der Waals surface area contributed by atoms with Crippen LogP contribution in [0.25, 0.3) is 10.9 Å². The molecule has 3 aromatic carbocycles. The molecule has 1 aliphatic rings. The van der Waals surface area contributed by atoms with E-state index in [0.717, 1.165) is 60.7 Å². The Labute approximate surface area is 244 Å². The molecule has 216 valence electrons. The van der Waals surface area contributed by atoms with Crippen molar-refractivity contribution in [2.75, 3.05) is 44.8 Å². The lowest BCUT2D eigenvalue weighted by atomic mass is 10.0. The zero-order chi connectivity index (χ0) is 28.9. The van der Waals surface area contributed by atoms with E-state index in [1.54, 1.807) is 7.11 Å². The van der Waals surface area contributed by atoms with Gasteiger partial charge in [-0.25, -0.2) is 4.68 Å². The van der Waals surface area contributed by atoms with Gasteiger partial charge in [0.2, 0.25) is 0 Å². The number of methoxy groups -OCH3 is 1. The van der Waals surface area contributed by atoms with E-state index in [0.29, 0.717) is 24.5 Å². The van der Waals surface area contributed by atoms with Crippen LogP contribution in [0.15, 0.2) is 83.7 Å². The van der Waals surface area contributed by atoms with Gasteiger partial charge in [0.25, 0.3) is 5.56 Å². The van der Waals surface area contributed by atoms with Gasteiger partial charge in [-0.1, -0.05) is 30.3 Å². The second-order valence-electron chi connectivity index (χ2n) is 10.4. The summed E-state index contributed by atoms with van der Waals surface area (Å²) in [4.78, 5) is 21.4. The van der Waals surface area contributed by atoms with E-state index in [2.05, 4.69) is 54.6 Å². The maximum atomic E-state index is 13.6. The number of aromatic nitrogens is 5. The first-order chi connectivity index (χ1) is 20.6. The molecule has 10 nitrogen and oxygen atoms in total. The molecule has 10 heteroatoms. The van der Waals surface area contributed by atoms with Crippen LogP contribution >= 0.6 is 0 Å². The van der Waals surface area contributed by atoms with E-state index < -0.39 is 6.04 Å². The van der Waals surface area contributed by atoms with Gasteiger partial charge >= 0.3 is 0 Å². The minimum absolute atomic E-state index is 0.146. The number of ether oxygens (including phenoxy) is 2. The Hall–Kier alpha value is -4.70. The summed E-state index contributed by atoms with van der Waals surface area (Å²) in [6.07, 6.45) is 0.780. The second-order valence-corrected chi connectivity index (χ2v) is 10.4. The van der Waals surface area contributed by atoms with Gasteiger partial charge in [0.1, 0.15) is 17.5 Å². The van der Waals surface area contributed by atoms with E-state index in [4.69, 9.17) is 9.47 Å². The zero-order valence-electron chi connectivity index (χ0n) is 23.9. The number of pyridine rings is 1. The van der Waals surface area contributed by atoms with Crippen LogP contribution in [-0.4, -0.2) is 70.0 Å². The van der Waals surface area contributed by atoms with Crippen LogP contribution in [0, 0.1) is 0 Å².